The molecule has 1 N–H and O–H groups in total. The average molecular weight is 338 g/mol. The Morgan fingerprint density at radius 2 is 2.05 bits per heavy atom. The molecule has 0 saturated heterocycles. The average Bonchev–Trinajstić information content (AvgIpc) is 2.83. The van der Waals surface area contributed by atoms with Crippen LogP contribution in [0.1, 0.15) is 0 Å². The maximum absolute atomic E-state index is 6.03. The van der Waals surface area contributed by atoms with Crippen molar-refractivity contribution in [3.05, 3.63) is 45.9 Å². The fourth-order valence-corrected chi connectivity index (χ4v) is 2.53. The van der Waals surface area contributed by atoms with Gasteiger partial charge in [0.2, 0.25) is 0 Å². The number of aromatic amines is 1. The maximum Gasteiger partial charge on any atom is 0.139 e. The largest absolute Gasteiger partial charge is 0.497 e. The molecule has 1 aromatic heterocycles. The lowest BCUT2D eigenvalue weighted by molar-refractivity contribution is 0.415. The van der Waals surface area contributed by atoms with Gasteiger partial charge in [0, 0.05) is 21.1 Å². The van der Waals surface area contributed by atoms with Crippen molar-refractivity contribution in [3.63, 3.8) is 0 Å². The van der Waals surface area contributed by atoms with Crippen LogP contribution in [0, 0.1) is 0 Å². The molecule has 3 nitrogen and oxygen atoms in total. The third kappa shape index (κ3) is 2.33. The third-order valence-electron chi connectivity index (χ3n) is 2.87. The van der Waals surface area contributed by atoms with Crippen LogP contribution in [0.15, 0.2) is 40.9 Å². The predicted octanol–water partition coefficient (Wildman–Crippen LogP) is 4.65. The molecule has 5 heteroatoms. The first-order valence-corrected chi connectivity index (χ1v) is 6.83. The van der Waals surface area contributed by atoms with Gasteiger partial charge < -0.3 is 9.72 Å². The van der Waals surface area contributed by atoms with Gasteiger partial charge in [-0.05, 0) is 30.3 Å². The van der Waals surface area contributed by atoms with Gasteiger partial charge in [0.25, 0.3) is 0 Å². The number of fused-ring (bicyclic) bond motifs is 1. The van der Waals surface area contributed by atoms with Crippen molar-refractivity contribution in [2.45, 2.75) is 0 Å². The van der Waals surface area contributed by atoms with E-state index < -0.39 is 0 Å². The monoisotopic (exact) mass is 336 g/mol. The lowest BCUT2D eigenvalue weighted by Gasteiger charge is -2.01. The number of aromatic nitrogens is 2. The van der Waals surface area contributed by atoms with Crippen molar-refractivity contribution in [3.8, 4) is 17.1 Å². The summed E-state index contributed by atoms with van der Waals surface area (Å²) < 4.78 is 6.15. The van der Waals surface area contributed by atoms with Crippen LogP contribution in [0.5, 0.6) is 5.75 Å². The number of ether oxygens (including phenoxy) is 1. The van der Waals surface area contributed by atoms with E-state index in [0.717, 1.165) is 32.6 Å². The highest BCUT2D eigenvalue weighted by molar-refractivity contribution is 9.10. The maximum atomic E-state index is 6.03. The smallest absolute Gasteiger partial charge is 0.139 e. The minimum Gasteiger partial charge on any atom is -0.497 e. The van der Waals surface area contributed by atoms with Crippen LogP contribution in [0.2, 0.25) is 5.02 Å². The first kappa shape index (κ1) is 12.5. The summed E-state index contributed by atoms with van der Waals surface area (Å²) in [5.41, 5.74) is 2.76. The van der Waals surface area contributed by atoms with E-state index >= 15 is 0 Å². The zero-order valence-corrected chi connectivity index (χ0v) is 12.4. The second-order valence-electron chi connectivity index (χ2n) is 4.09. The molecule has 0 aliphatic heterocycles. The van der Waals surface area contributed by atoms with E-state index in [1.54, 1.807) is 7.11 Å². The number of halogens is 2. The summed E-state index contributed by atoms with van der Waals surface area (Å²) in [4.78, 5) is 7.84. The Morgan fingerprint density at radius 3 is 2.84 bits per heavy atom. The number of rotatable bonds is 2. The zero-order valence-electron chi connectivity index (χ0n) is 10.1. The second-order valence-corrected chi connectivity index (χ2v) is 5.38. The van der Waals surface area contributed by atoms with Gasteiger partial charge in [-0.2, -0.15) is 0 Å². The standard InChI is InChI=1S/C14H10BrClN2O/c1-19-9-3-5-12-13(7-9)18-14(17-12)10-6-8(16)2-4-11(10)15/h2-7H,1H3,(H,17,18). The van der Waals surface area contributed by atoms with Crippen molar-refractivity contribution in [2.75, 3.05) is 7.11 Å². The molecule has 0 saturated carbocycles. The Morgan fingerprint density at radius 1 is 1.21 bits per heavy atom. The van der Waals surface area contributed by atoms with Crippen LogP contribution in [0.25, 0.3) is 22.4 Å². The van der Waals surface area contributed by atoms with Gasteiger partial charge in [0.05, 0.1) is 18.1 Å². The number of benzene rings is 2. The number of methoxy groups -OCH3 is 1. The van der Waals surface area contributed by atoms with Crippen molar-refractivity contribution in [1.29, 1.82) is 0 Å². The molecule has 0 bridgehead atoms. The summed E-state index contributed by atoms with van der Waals surface area (Å²) in [5.74, 6) is 1.57. The Hall–Kier alpha value is -1.52. The molecule has 96 valence electrons. The number of nitrogens with one attached hydrogen (secondary N) is 1. The molecule has 19 heavy (non-hydrogen) atoms. The lowest BCUT2D eigenvalue weighted by atomic mass is 10.2. The molecule has 0 unspecified atom stereocenters. The normalized spacial score (nSPS) is 10.9. The van der Waals surface area contributed by atoms with Crippen LogP contribution in [0.4, 0.5) is 0 Å². The van der Waals surface area contributed by atoms with Crippen molar-refractivity contribution in [2.24, 2.45) is 0 Å². The Bertz CT molecular complexity index is 754. The van der Waals surface area contributed by atoms with E-state index in [9.17, 15) is 0 Å². The van der Waals surface area contributed by atoms with E-state index in [0.29, 0.717) is 5.02 Å². The highest BCUT2D eigenvalue weighted by Crippen LogP contribution is 2.31. The van der Waals surface area contributed by atoms with Gasteiger partial charge >= 0.3 is 0 Å². The van der Waals surface area contributed by atoms with E-state index in [4.69, 9.17) is 16.3 Å². The number of H-pyrrole nitrogens is 1. The lowest BCUT2D eigenvalue weighted by Crippen LogP contribution is -1.82. The fraction of sp³-hybridized carbons (Fsp3) is 0.0714. The molecular weight excluding hydrogens is 328 g/mol. The Kier molecular flexibility index (Phi) is 3.21. The summed E-state index contributed by atoms with van der Waals surface area (Å²) in [5, 5.41) is 0.677. The molecule has 0 fully saturated rings. The van der Waals surface area contributed by atoms with Crippen LogP contribution in [-0.2, 0) is 0 Å². The molecular formula is C14H10BrClN2O. The Labute approximate surface area is 123 Å². The van der Waals surface area contributed by atoms with Gasteiger partial charge in [-0.1, -0.05) is 27.5 Å². The molecule has 3 aromatic rings. The predicted molar refractivity (Wildman–Crippen MR) is 80.8 cm³/mol. The minimum absolute atomic E-state index is 0.677. The van der Waals surface area contributed by atoms with E-state index in [-0.39, 0.29) is 0 Å². The molecule has 0 spiro atoms. The molecule has 1 heterocycles. The minimum atomic E-state index is 0.677. The van der Waals surface area contributed by atoms with Crippen molar-refractivity contribution in [1.82, 2.24) is 9.97 Å². The SMILES string of the molecule is COc1ccc2nc(-c3cc(Cl)ccc3Br)[nH]c2c1. The first-order chi connectivity index (χ1) is 9.17. The van der Waals surface area contributed by atoms with Gasteiger partial charge in [-0.25, -0.2) is 4.98 Å². The topological polar surface area (TPSA) is 37.9 Å². The van der Waals surface area contributed by atoms with Gasteiger partial charge in [-0.3, -0.25) is 0 Å². The quantitative estimate of drug-likeness (QED) is 0.739. The van der Waals surface area contributed by atoms with Crippen LogP contribution in [0.3, 0.4) is 0 Å². The first-order valence-electron chi connectivity index (χ1n) is 5.66. The van der Waals surface area contributed by atoms with E-state index in [2.05, 4.69) is 25.9 Å². The highest BCUT2D eigenvalue weighted by Gasteiger charge is 2.09. The van der Waals surface area contributed by atoms with Crippen molar-refractivity contribution >= 4 is 38.6 Å². The highest BCUT2D eigenvalue weighted by atomic mass is 79.9. The van der Waals surface area contributed by atoms with Gasteiger partial charge in [0.1, 0.15) is 11.6 Å². The fourth-order valence-electron chi connectivity index (χ4n) is 1.92. The van der Waals surface area contributed by atoms with Gasteiger partial charge in [-0.15, -0.1) is 0 Å². The van der Waals surface area contributed by atoms with Crippen LogP contribution in [-0.4, -0.2) is 17.1 Å². The van der Waals surface area contributed by atoms with E-state index in [1.165, 1.54) is 0 Å². The summed E-state index contributed by atoms with van der Waals surface area (Å²) in [6.45, 7) is 0. The molecule has 2 aromatic carbocycles. The summed E-state index contributed by atoms with van der Waals surface area (Å²) in [6.07, 6.45) is 0. The molecule has 0 radical (unpaired) electrons. The summed E-state index contributed by atoms with van der Waals surface area (Å²) in [6, 6.07) is 11.4. The zero-order chi connectivity index (χ0) is 13.4. The van der Waals surface area contributed by atoms with Crippen molar-refractivity contribution < 1.29 is 4.74 Å². The molecule has 0 aliphatic rings. The Balaban J connectivity index is 2.17. The number of imidazole rings is 1. The third-order valence-corrected chi connectivity index (χ3v) is 3.80. The molecule has 0 aliphatic carbocycles. The summed E-state index contributed by atoms with van der Waals surface area (Å²) >= 11 is 9.54. The molecule has 0 amide bonds. The van der Waals surface area contributed by atoms with Crippen LogP contribution >= 0.6 is 27.5 Å². The second kappa shape index (κ2) is 4.87. The number of nitrogens with zero attached hydrogens (tertiary/aromatic N) is 1. The van der Waals surface area contributed by atoms with Gasteiger partial charge in [0.15, 0.2) is 0 Å². The van der Waals surface area contributed by atoms with E-state index in [1.807, 2.05) is 36.4 Å². The molecule has 0 atom stereocenters. The van der Waals surface area contributed by atoms with Crippen LogP contribution < -0.4 is 4.74 Å². The molecule has 3 rings (SSSR count). The summed E-state index contributed by atoms with van der Waals surface area (Å²) in [7, 11) is 1.64. The number of hydrogen-bond donors (Lipinski definition) is 1. The number of hydrogen-bond acceptors (Lipinski definition) is 2.